The maximum Gasteiger partial charge on any atom is 0.271 e. The minimum atomic E-state index is -0.381. The first-order valence-corrected chi connectivity index (χ1v) is 7.15. The van der Waals surface area contributed by atoms with E-state index in [4.69, 9.17) is 11.6 Å². The van der Waals surface area contributed by atoms with Crippen molar-refractivity contribution in [3.63, 3.8) is 0 Å². The van der Waals surface area contributed by atoms with Gasteiger partial charge in [0.25, 0.3) is 5.69 Å². The number of nitrogens with zero attached hydrogens (tertiary/aromatic N) is 2. The smallest absolute Gasteiger partial charge is 0.271 e. The molecule has 19 heavy (non-hydrogen) atoms. The highest BCUT2D eigenvalue weighted by Gasteiger charge is 2.24. The lowest BCUT2D eigenvalue weighted by atomic mass is 10.00. The quantitative estimate of drug-likeness (QED) is 0.617. The van der Waals surface area contributed by atoms with Crippen molar-refractivity contribution in [1.29, 1.82) is 0 Å². The van der Waals surface area contributed by atoms with E-state index in [0.29, 0.717) is 11.1 Å². The standard InChI is InChI=1S/C14H19ClN2O2/c1-3-11-8-12(17(18)19)9-13(15)14(11)16-7-5-4-6-10(16)2/h8-10H,3-7H2,1-2H3. The van der Waals surface area contributed by atoms with Gasteiger partial charge in [0.1, 0.15) is 0 Å². The third-order valence-electron chi connectivity index (χ3n) is 3.81. The van der Waals surface area contributed by atoms with Gasteiger partial charge in [0, 0.05) is 24.7 Å². The summed E-state index contributed by atoms with van der Waals surface area (Å²) in [5, 5.41) is 11.4. The number of anilines is 1. The molecular weight excluding hydrogens is 264 g/mol. The molecule has 5 heteroatoms. The molecule has 1 fully saturated rings. The molecule has 1 aliphatic heterocycles. The number of benzene rings is 1. The van der Waals surface area contributed by atoms with Crippen molar-refractivity contribution < 1.29 is 4.92 Å². The Morgan fingerprint density at radius 3 is 2.79 bits per heavy atom. The van der Waals surface area contributed by atoms with E-state index in [-0.39, 0.29) is 10.6 Å². The number of aryl methyl sites for hydroxylation is 1. The second-order valence-electron chi connectivity index (χ2n) is 5.08. The van der Waals surface area contributed by atoms with Gasteiger partial charge in [-0.1, -0.05) is 18.5 Å². The van der Waals surface area contributed by atoms with Crippen LogP contribution in [0.25, 0.3) is 0 Å². The summed E-state index contributed by atoms with van der Waals surface area (Å²) in [4.78, 5) is 12.8. The summed E-state index contributed by atoms with van der Waals surface area (Å²) in [7, 11) is 0. The molecule has 1 saturated heterocycles. The summed E-state index contributed by atoms with van der Waals surface area (Å²) < 4.78 is 0. The third-order valence-corrected chi connectivity index (χ3v) is 4.10. The first kappa shape index (κ1) is 14.1. The average Bonchev–Trinajstić information content (AvgIpc) is 2.39. The molecule has 104 valence electrons. The number of nitro benzene ring substituents is 1. The normalized spacial score (nSPS) is 19.5. The van der Waals surface area contributed by atoms with E-state index >= 15 is 0 Å². The fraction of sp³-hybridized carbons (Fsp3) is 0.571. The minimum absolute atomic E-state index is 0.0789. The molecular formula is C14H19ClN2O2. The summed E-state index contributed by atoms with van der Waals surface area (Å²) in [5.41, 5.74) is 2.03. The van der Waals surface area contributed by atoms with Gasteiger partial charge < -0.3 is 4.90 Å². The van der Waals surface area contributed by atoms with Gasteiger partial charge in [-0.05, 0) is 38.2 Å². The lowest BCUT2D eigenvalue weighted by Gasteiger charge is -2.37. The molecule has 0 saturated carbocycles. The third kappa shape index (κ3) is 2.84. The van der Waals surface area contributed by atoms with Gasteiger partial charge in [0.15, 0.2) is 0 Å². The molecule has 1 unspecified atom stereocenters. The first-order valence-electron chi connectivity index (χ1n) is 6.78. The Morgan fingerprint density at radius 1 is 1.47 bits per heavy atom. The van der Waals surface area contributed by atoms with E-state index in [1.54, 1.807) is 6.07 Å². The minimum Gasteiger partial charge on any atom is -0.367 e. The number of hydrogen-bond donors (Lipinski definition) is 0. The van der Waals surface area contributed by atoms with Crippen molar-refractivity contribution in [3.05, 3.63) is 32.8 Å². The van der Waals surface area contributed by atoms with Gasteiger partial charge in [-0.3, -0.25) is 10.1 Å². The highest BCUT2D eigenvalue weighted by Crippen LogP contribution is 2.37. The lowest BCUT2D eigenvalue weighted by molar-refractivity contribution is -0.384. The van der Waals surface area contributed by atoms with Gasteiger partial charge in [-0.15, -0.1) is 0 Å². The Bertz CT molecular complexity index is 491. The van der Waals surface area contributed by atoms with Crippen LogP contribution in [0.2, 0.25) is 5.02 Å². The summed E-state index contributed by atoms with van der Waals surface area (Å²) >= 11 is 6.31. The fourth-order valence-electron chi connectivity index (χ4n) is 2.77. The SMILES string of the molecule is CCc1cc([N+](=O)[O-])cc(Cl)c1N1CCCCC1C. The summed E-state index contributed by atoms with van der Waals surface area (Å²) in [6, 6.07) is 3.57. The maximum absolute atomic E-state index is 10.9. The zero-order chi connectivity index (χ0) is 14.0. The topological polar surface area (TPSA) is 46.4 Å². The Kier molecular flexibility index (Phi) is 4.30. The van der Waals surface area contributed by atoms with E-state index in [1.807, 2.05) is 6.92 Å². The monoisotopic (exact) mass is 282 g/mol. The largest absolute Gasteiger partial charge is 0.367 e. The van der Waals surface area contributed by atoms with E-state index in [1.165, 1.54) is 12.5 Å². The lowest BCUT2D eigenvalue weighted by Crippen LogP contribution is -2.38. The Balaban J connectivity index is 2.46. The van der Waals surface area contributed by atoms with Crippen molar-refractivity contribution in [2.24, 2.45) is 0 Å². The Hall–Kier alpha value is -1.29. The Morgan fingerprint density at radius 2 is 2.21 bits per heavy atom. The van der Waals surface area contributed by atoms with Gasteiger partial charge in [-0.25, -0.2) is 0 Å². The fourth-order valence-corrected chi connectivity index (χ4v) is 3.11. The van der Waals surface area contributed by atoms with E-state index in [0.717, 1.165) is 37.1 Å². The second kappa shape index (κ2) is 5.78. The molecule has 1 heterocycles. The molecule has 0 radical (unpaired) electrons. The highest BCUT2D eigenvalue weighted by molar-refractivity contribution is 6.33. The van der Waals surface area contributed by atoms with Crippen LogP contribution in [0, 0.1) is 10.1 Å². The number of rotatable bonds is 3. The molecule has 0 N–H and O–H groups in total. The van der Waals surface area contributed by atoms with Crippen molar-refractivity contribution >= 4 is 23.0 Å². The van der Waals surface area contributed by atoms with E-state index in [2.05, 4.69) is 11.8 Å². The van der Waals surface area contributed by atoms with Crippen LogP contribution >= 0.6 is 11.6 Å². The van der Waals surface area contributed by atoms with E-state index in [9.17, 15) is 10.1 Å². The van der Waals surface area contributed by atoms with E-state index < -0.39 is 0 Å². The van der Waals surface area contributed by atoms with Gasteiger partial charge in [0.2, 0.25) is 0 Å². The summed E-state index contributed by atoms with van der Waals surface area (Å²) in [6.45, 7) is 5.18. The average molecular weight is 283 g/mol. The number of piperidine rings is 1. The summed E-state index contributed by atoms with van der Waals surface area (Å²) in [6.07, 6.45) is 4.29. The van der Waals surface area contributed by atoms with Gasteiger partial charge in [0.05, 0.1) is 15.6 Å². The van der Waals surface area contributed by atoms with Crippen LogP contribution in [0.1, 0.15) is 38.7 Å². The molecule has 1 aromatic rings. The molecule has 0 spiro atoms. The van der Waals surface area contributed by atoms with Crippen LogP contribution in [-0.2, 0) is 6.42 Å². The molecule has 4 nitrogen and oxygen atoms in total. The van der Waals surface area contributed by atoms with Crippen LogP contribution in [0.4, 0.5) is 11.4 Å². The van der Waals surface area contributed by atoms with Crippen LogP contribution in [-0.4, -0.2) is 17.5 Å². The first-order chi connectivity index (χ1) is 9.04. The van der Waals surface area contributed by atoms with Crippen molar-refractivity contribution in [1.82, 2.24) is 0 Å². The van der Waals surface area contributed by atoms with Crippen LogP contribution in [0.5, 0.6) is 0 Å². The number of non-ortho nitro benzene ring substituents is 1. The van der Waals surface area contributed by atoms with Crippen molar-refractivity contribution in [3.8, 4) is 0 Å². The number of halogens is 1. The molecule has 0 amide bonds. The number of hydrogen-bond acceptors (Lipinski definition) is 3. The highest BCUT2D eigenvalue weighted by atomic mass is 35.5. The predicted octanol–water partition coefficient (Wildman–Crippen LogP) is 4.19. The molecule has 1 atom stereocenters. The maximum atomic E-state index is 10.9. The molecule has 0 bridgehead atoms. The van der Waals surface area contributed by atoms with Crippen molar-refractivity contribution in [2.45, 2.75) is 45.6 Å². The van der Waals surface area contributed by atoms with Crippen LogP contribution < -0.4 is 4.90 Å². The summed E-state index contributed by atoms with van der Waals surface area (Å²) in [5.74, 6) is 0. The number of nitro groups is 1. The molecule has 1 aromatic carbocycles. The zero-order valence-corrected chi connectivity index (χ0v) is 12.1. The van der Waals surface area contributed by atoms with Gasteiger partial charge >= 0.3 is 0 Å². The Labute approximate surface area is 118 Å². The van der Waals surface area contributed by atoms with Crippen LogP contribution in [0.3, 0.4) is 0 Å². The van der Waals surface area contributed by atoms with Crippen LogP contribution in [0.15, 0.2) is 12.1 Å². The molecule has 2 rings (SSSR count). The second-order valence-corrected chi connectivity index (χ2v) is 5.49. The molecule has 0 aliphatic carbocycles. The van der Waals surface area contributed by atoms with Crippen molar-refractivity contribution in [2.75, 3.05) is 11.4 Å². The molecule has 0 aromatic heterocycles. The zero-order valence-electron chi connectivity index (χ0n) is 11.4. The van der Waals surface area contributed by atoms with Gasteiger partial charge in [-0.2, -0.15) is 0 Å². The predicted molar refractivity (Wildman–Crippen MR) is 78.1 cm³/mol. The molecule has 1 aliphatic rings.